The maximum atomic E-state index is 11.7. The summed E-state index contributed by atoms with van der Waals surface area (Å²) in [5.41, 5.74) is 7.54. The highest BCUT2D eigenvalue weighted by Gasteiger charge is 2.21. The van der Waals surface area contributed by atoms with Crippen LogP contribution >= 0.6 is 12.2 Å². The number of para-hydroxylation sites is 2. The van der Waals surface area contributed by atoms with E-state index in [4.69, 9.17) is 18.0 Å². The van der Waals surface area contributed by atoms with Gasteiger partial charge < -0.3 is 20.9 Å². The van der Waals surface area contributed by atoms with Gasteiger partial charge in [0.25, 0.3) is 0 Å². The number of carbonyl (C=O) groups excluding carboxylic acids is 1. The highest BCUT2D eigenvalue weighted by molar-refractivity contribution is 7.80. The fraction of sp³-hybridized carbons (Fsp3) is 0.429. The summed E-state index contributed by atoms with van der Waals surface area (Å²) in [6.45, 7) is 5.06. The van der Waals surface area contributed by atoms with Crippen LogP contribution in [0, 0.1) is 0 Å². The highest BCUT2D eigenvalue weighted by atomic mass is 32.1. The maximum Gasteiger partial charge on any atom is 0.222 e. The molecule has 1 aliphatic heterocycles. The molecule has 1 fully saturated rings. The van der Waals surface area contributed by atoms with Crippen molar-refractivity contribution in [2.45, 2.75) is 13.3 Å². The molecule has 0 saturated carbocycles. The van der Waals surface area contributed by atoms with Crippen LogP contribution in [0.2, 0.25) is 0 Å². The highest BCUT2D eigenvalue weighted by Crippen LogP contribution is 2.26. The molecule has 108 valence electrons. The molecule has 1 heterocycles. The molecule has 5 nitrogen and oxygen atoms in total. The summed E-state index contributed by atoms with van der Waals surface area (Å²) in [6.07, 6.45) is 0.569. The Hall–Kier alpha value is -1.82. The first-order chi connectivity index (χ1) is 9.61. The average molecular weight is 292 g/mol. The second kappa shape index (κ2) is 6.56. The summed E-state index contributed by atoms with van der Waals surface area (Å²) >= 11 is 4.90. The van der Waals surface area contributed by atoms with Crippen molar-refractivity contribution in [2.24, 2.45) is 5.73 Å². The van der Waals surface area contributed by atoms with Crippen LogP contribution in [0.25, 0.3) is 0 Å². The van der Waals surface area contributed by atoms with Gasteiger partial charge in [0.2, 0.25) is 5.91 Å². The number of hydrogen-bond donors (Lipinski definition) is 2. The molecule has 2 rings (SSSR count). The number of piperazine rings is 1. The molecule has 1 saturated heterocycles. The van der Waals surface area contributed by atoms with Gasteiger partial charge in [0.05, 0.1) is 11.4 Å². The molecular formula is C14H20N4OS. The topological polar surface area (TPSA) is 61.6 Å². The van der Waals surface area contributed by atoms with E-state index >= 15 is 0 Å². The molecule has 0 atom stereocenters. The summed E-state index contributed by atoms with van der Waals surface area (Å²) < 4.78 is 0. The third-order valence-corrected chi connectivity index (χ3v) is 3.54. The molecule has 0 spiro atoms. The van der Waals surface area contributed by atoms with Crippen molar-refractivity contribution in [2.75, 3.05) is 36.4 Å². The van der Waals surface area contributed by atoms with E-state index < -0.39 is 0 Å². The minimum absolute atomic E-state index is 0.221. The lowest BCUT2D eigenvalue weighted by molar-refractivity contribution is -0.131. The van der Waals surface area contributed by atoms with Gasteiger partial charge in [0, 0.05) is 32.6 Å². The van der Waals surface area contributed by atoms with Gasteiger partial charge in [0.15, 0.2) is 5.11 Å². The van der Waals surface area contributed by atoms with Gasteiger partial charge in [-0.3, -0.25) is 4.79 Å². The van der Waals surface area contributed by atoms with E-state index in [1.807, 2.05) is 36.1 Å². The third-order valence-electron chi connectivity index (χ3n) is 3.44. The molecule has 0 radical (unpaired) electrons. The van der Waals surface area contributed by atoms with Gasteiger partial charge in [-0.1, -0.05) is 19.1 Å². The van der Waals surface area contributed by atoms with Gasteiger partial charge in [-0.15, -0.1) is 0 Å². The molecule has 3 N–H and O–H groups in total. The quantitative estimate of drug-likeness (QED) is 0.825. The number of nitrogens with two attached hydrogens (primary N) is 1. The van der Waals surface area contributed by atoms with E-state index in [1.54, 1.807) is 0 Å². The van der Waals surface area contributed by atoms with Crippen LogP contribution in [0.4, 0.5) is 11.4 Å². The molecule has 20 heavy (non-hydrogen) atoms. The molecule has 0 aromatic heterocycles. The minimum Gasteiger partial charge on any atom is -0.376 e. The first-order valence-electron chi connectivity index (χ1n) is 6.80. The van der Waals surface area contributed by atoms with Crippen LogP contribution < -0.4 is 16.0 Å². The summed E-state index contributed by atoms with van der Waals surface area (Å²) in [4.78, 5) is 15.9. The predicted octanol–water partition coefficient (Wildman–Crippen LogP) is 1.40. The zero-order chi connectivity index (χ0) is 14.5. The van der Waals surface area contributed by atoms with E-state index in [2.05, 4.69) is 10.2 Å². The standard InChI is InChI=1S/C14H20N4OS/c1-2-13(19)18-9-7-17(8-10-18)12-6-4-3-5-11(12)16-14(15)20/h3-6H,2,7-10H2,1H3,(H3,15,16,20). The lowest BCUT2D eigenvalue weighted by Crippen LogP contribution is -2.48. The minimum atomic E-state index is 0.221. The first kappa shape index (κ1) is 14.6. The molecule has 6 heteroatoms. The number of nitrogens with one attached hydrogen (secondary N) is 1. The van der Waals surface area contributed by atoms with E-state index in [1.165, 1.54) is 0 Å². The molecule has 0 aliphatic carbocycles. The van der Waals surface area contributed by atoms with Gasteiger partial charge in [-0.05, 0) is 24.4 Å². The number of benzene rings is 1. The van der Waals surface area contributed by atoms with Gasteiger partial charge >= 0.3 is 0 Å². The summed E-state index contributed by atoms with van der Waals surface area (Å²) in [6, 6.07) is 7.93. The van der Waals surface area contributed by atoms with Crippen LogP contribution in [0.5, 0.6) is 0 Å². The molecule has 1 aromatic rings. The second-order valence-corrected chi connectivity index (χ2v) is 5.17. The Kier molecular flexibility index (Phi) is 4.79. The van der Waals surface area contributed by atoms with Crippen molar-refractivity contribution in [3.05, 3.63) is 24.3 Å². The molecule has 0 bridgehead atoms. The Morgan fingerprint density at radius 1 is 1.30 bits per heavy atom. The zero-order valence-corrected chi connectivity index (χ0v) is 12.4. The first-order valence-corrected chi connectivity index (χ1v) is 7.21. The fourth-order valence-corrected chi connectivity index (χ4v) is 2.52. The Balaban J connectivity index is 2.07. The SMILES string of the molecule is CCC(=O)N1CCN(c2ccccc2NC(N)=S)CC1. The largest absolute Gasteiger partial charge is 0.376 e. The van der Waals surface area contributed by atoms with Crippen LogP contribution in [-0.2, 0) is 4.79 Å². The average Bonchev–Trinajstić information content (AvgIpc) is 2.46. The van der Waals surface area contributed by atoms with Crippen LogP contribution in [0.15, 0.2) is 24.3 Å². The summed E-state index contributed by atoms with van der Waals surface area (Å²) in [7, 11) is 0. The van der Waals surface area contributed by atoms with Crippen molar-refractivity contribution in [1.29, 1.82) is 0 Å². The summed E-state index contributed by atoms with van der Waals surface area (Å²) in [5, 5.41) is 3.26. The Labute approximate surface area is 124 Å². The monoisotopic (exact) mass is 292 g/mol. The van der Waals surface area contributed by atoms with Crippen molar-refractivity contribution in [3.8, 4) is 0 Å². The Bertz CT molecular complexity index is 498. The third kappa shape index (κ3) is 3.39. The number of carbonyl (C=O) groups is 1. The number of anilines is 2. The second-order valence-electron chi connectivity index (χ2n) is 4.73. The number of rotatable bonds is 3. The van der Waals surface area contributed by atoms with Crippen LogP contribution in [0.1, 0.15) is 13.3 Å². The normalized spacial score (nSPS) is 15.1. The molecule has 1 aliphatic rings. The fourth-order valence-electron chi connectivity index (χ4n) is 2.41. The maximum absolute atomic E-state index is 11.7. The van der Waals surface area contributed by atoms with Crippen molar-refractivity contribution < 1.29 is 4.79 Å². The van der Waals surface area contributed by atoms with E-state index in [0.717, 1.165) is 37.6 Å². The summed E-state index contributed by atoms with van der Waals surface area (Å²) in [5.74, 6) is 0.221. The van der Waals surface area contributed by atoms with E-state index in [0.29, 0.717) is 6.42 Å². The van der Waals surface area contributed by atoms with Crippen LogP contribution in [-0.4, -0.2) is 42.1 Å². The lowest BCUT2D eigenvalue weighted by Gasteiger charge is -2.36. The lowest BCUT2D eigenvalue weighted by atomic mass is 10.2. The molecule has 1 amide bonds. The van der Waals surface area contributed by atoms with Crippen LogP contribution in [0.3, 0.4) is 0 Å². The molecule has 1 aromatic carbocycles. The van der Waals surface area contributed by atoms with E-state index in [-0.39, 0.29) is 11.0 Å². The van der Waals surface area contributed by atoms with Crippen molar-refractivity contribution in [3.63, 3.8) is 0 Å². The number of nitrogens with zero attached hydrogens (tertiary/aromatic N) is 2. The van der Waals surface area contributed by atoms with Gasteiger partial charge in [-0.2, -0.15) is 0 Å². The molecule has 0 unspecified atom stereocenters. The smallest absolute Gasteiger partial charge is 0.222 e. The van der Waals surface area contributed by atoms with Gasteiger partial charge in [-0.25, -0.2) is 0 Å². The van der Waals surface area contributed by atoms with E-state index in [9.17, 15) is 4.79 Å². The zero-order valence-electron chi connectivity index (χ0n) is 11.6. The predicted molar refractivity (Wildman–Crippen MR) is 85.9 cm³/mol. The molecular weight excluding hydrogens is 272 g/mol. The van der Waals surface area contributed by atoms with Crippen molar-refractivity contribution in [1.82, 2.24) is 4.90 Å². The number of thiocarbonyl (C=S) groups is 1. The van der Waals surface area contributed by atoms with Gasteiger partial charge in [0.1, 0.15) is 0 Å². The van der Waals surface area contributed by atoms with Crippen molar-refractivity contribution >= 4 is 34.6 Å². The Morgan fingerprint density at radius 3 is 2.55 bits per heavy atom. The Morgan fingerprint density at radius 2 is 1.95 bits per heavy atom. The number of hydrogen-bond acceptors (Lipinski definition) is 3. The number of amides is 1.